The summed E-state index contributed by atoms with van der Waals surface area (Å²) in [6.45, 7) is 14.9. The van der Waals surface area contributed by atoms with Gasteiger partial charge in [0, 0.05) is 23.9 Å². The number of ether oxygens (including phenoxy) is 1. The van der Waals surface area contributed by atoms with E-state index < -0.39 is 21.2 Å². The van der Waals surface area contributed by atoms with E-state index in [9.17, 15) is 13.2 Å². The Labute approximate surface area is 201 Å². The maximum absolute atomic E-state index is 12.8. The summed E-state index contributed by atoms with van der Waals surface area (Å²) in [6.07, 6.45) is 0.599. The Hall–Kier alpha value is -3.57. The average molecular weight is 480 g/mol. The van der Waals surface area contributed by atoms with Crippen molar-refractivity contribution in [2.45, 2.75) is 39.4 Å². The summed E-state index contributed by atoms with van der Waals surface area (Å²) in [6, 6.07) is 14.6. The topological polar surface area (TPSA) is 81.8 Å². The number of anilines is 1. The van der Waals surface area contributed by atoms with Gasteiger partial charge >= 0.3 is 5.97 Å². The van der Waals surface area contributed by atoms with Crippen molar-refractivity contribution in [2.75, 3.05) is 11.3 Å². The van der Waals surface area contributed by atoms with Crippen LogP contribution in [0.5, 0.6) is 0 Å². The van der Waals surface area contributed by atoms with E-state index in [0.29, 0.717) is 34.6 Å². The molecule has 0 atom stereocenters. The number of aromatic nitrogens is 1. The van der Waals surface area contributed by atoms with Crippen molar-refractivity contribution in [2.24, 2.45) is 7.05 Å². The molecular formula is C26H29N3O4S. The molecule has 1 aromatic heterocycles. The maximum atomic E-state index is 12.8. The fourth-order valence-corrected chi connectivity index (χ4v) is 4.59. The number of sulfonamides is 1. The normalized spacial score (nSPS) is 11.3. The number of hydrogen-bond acceptors (Lipinski definition) is 4. The highest BCUT2D eigenvalue weighted by molar-refractivity contribution is 7.93. The van der Waals surface area contributed by atoms with Gasteiger partial charge in [0.15, 0.2) is 0 Å². The van der Waals surface area contributed by atoms with E-state index in [1.807, 2.05) is 43.3 Å². The van der Waals surface area contributed by atoms with Gasteiger partial charge in [-0.2, -0.15) is 0 Å². The minimum absolute atomic E-state index is 0.236. The number of benzene rings is 2. The first kappa shape index (κ1) is 25.1. The fraction of sp³-hybridized carbons (Fsp3) is 0.308. The van der Waals surface area contributed by atoms with Gasteiger partial charge in [0.2, 0.25) is 15.7 Å². The van der Waals surface area contributed by atoms with E-state index in [4.69, 9.17) is 11.3 Å². The number of carbonyl (C=O) groups excluding carboxylic acids is 1. The van der Waals surface area contributed by atoms with Crippen molar-refractivity contribution in [3.63, 3.8) is 0 Å². The molecule has 0 saturated carbocycles. The first-order valence-electron chi connectivity index (χ1n) is 11.1. The number of nitrogens with zero attached hydrogens (tertiary/aromatic N) is 2. The van der Waals surface area contributed by atoms with Crippen LogP contribution in [-0.2, 0) is 28.2 Å². The minimum atomic E-state index is -3.50. The molecule has 3 aromatic rings. The third kappa shape index (κ3) is 4.70. The van der Waals surface area contributed by atoms with E-state index >= 15 is 0 Å². The van der Waals surface area contributed by atoms with Crippen LogP contribution >= 0.6 is 0 Å². The van der Waals surface area contributed by atoms with Gasteiger partial charge in [-0.25, -0.2) is 18.1 Å². The molecule has 0 bridgehead atoms. The lowest BCUT2D eigenvalue weighted by molar-refractivity contribution is 0.0516. The number of nitrogens with one attached hydrogen (secondary N) is 1. The zero-order valence-corrected chi connectivity index (χ0v) is 20.9. The van der Waals surface area contributed by atoms with E-state index in [1.165, 1.54) is 0 Å². The molecular weight excluding hydrogens is 450 g/mol. The highest BCUT2D eigenvalue weighted by Gasteiger charge is 2.27. The highest BCUT2D eigenvalue weighted by Crippen LogP contribution is 2.40. The summed E-state index contributed by atoms with van der Waals surface area (Å²) in [5, 5.41) is -0.567. The molecule has 0 aliphatic heterocycles. The van der Waals surface area contributed by atoms with Crippen molar-refractivity contribution in [1.29, 1.82) is 0 Å². The number of hydrogen-bond donors (Lipinski definition) is 1. The Morgan fingerprint density at radius 3 is 2.26 bits per heavy atom. The van der Waals surface area contributed by atoms with Crippen LogP contribution in [0.2, 0.25) is 0 Å². The smallest absolute Gasteiger partial charge is 0.354 e. The lowest BCUT2D eigenvalue weighted by Gasteiger charge is -2.15. The molecule has 178 valence electrons. The third-order valence-corrected chi connectivity index (χ3v) is 7.43. The molecule has 2 aromatic carbocycles. The van der Waals surface area contributed by atoms with Crippen molar-refractivity contribution in [3.05, 3.63) is 71.3 Å². The fourth-order valence-electron chi connectivity index (χ4n) is 3.87. The summed E-state index contributed by atoms with van der Waals surface area (Å²) >= 11 is 0. The Morgan fingerprint density at radius 1 is 1.09 bits per heavy atom. The third-order valence-electron chi connectivity index (χ3n) is 5.69. The van der Waals surface area contributed by atoms with Gasteiger partial charge in [-0.3, -0.25) is 4.72 Å². The Morgan fingerprint density at radius 2 is 1.71 bits per heavy atom. The first-order valence-corrected chi connectivity index (χ1v) is 12.7. The van der Waals surface area contributed by atoms with Crippen molar-refractivity contribution in [3.8, 4) is 22.3 Å². The molecule has 0 fully saturated rings. The second-order valence-electron chi connectivity index (χ2n) is 8.08. The van der Waals surface area contributed by atoms with Gasteiger partial charge in [-0.15, -0.1) is 0 Å². The van der Waals surface area contributed by atoms with Gasteiger partial charge < -0.3 is 9.30 Å². The predicted molar refractivity (Wildman–Crippen MR) is 136 cm³/mol. The van der Waals surface area contributed by atoms with Gasteiger partial charge in [-0.05, 0) is 44.4 Å². The average Bonchev–Trinajstić information content (AvgIpc) is 3.10. The molecule has 0 spiro atoms. The summed E-state index contributed by atoms with van der Waals surface area (Å²) in [5.74, 6) is -0.470. The van der Waals surface area contributed by atoms with E-state index in [2.05, 4.69) is 9.57 Å². The lowest BCUT2D eigenvalue weighted by atomic mass is 9.98. The molecule has 1 N–H and O–H groups in total. The largest absolute Gasteiger partial charge is 0.461 e. The van der Waals surface area contributed by atoms with Crippen molar-refractivity contribution >= 4 is 27.4 Å². The Kier molecular flexibility index (Phi) is 7.48. The summed E-state index contributed by atoms with van der Waals surface area (Å²) < 4.78 is 34.5. The predicted octanol–water partition coefficient (Wildman–Crippen LogP) is 5.80. The monoisotopic (exact) mass is 479 g/mol. The SMILES string of the molecule is [C-]#[N+]c1c(-c2ccc(-c3ccccc3NS(=O)(=O)C(C)C)cc2)c(C(=O)OCC)n(C)c1CC. The zero-order valence-electron chi connectivity index (χ0n) is 20.0. The molecule has 0 saturated heterocycles. The van der Waals surface area contributed by atoms with E-state index in [0.717, 1.165) is 16.8 Å². The first-order chi connectivity index (χ1) is 16.2. The van der Waals surface area contributed by atoms with Crippen LogP contribution in [0.4, 0.5) is 11.4 Å². The van der Waals surface area contributed by atoms with Crippen molar-refractivity contribution in [1.82, 2.24) is 4.57 Å². The molecule has 8 heteroatoms. The standard InChI is InChI=1S/C26H29N3O4S/c1-7-22-24(27-5)23(25(29(22)6)26(30)33-8-2)19-15-13-18(14-16-19)20-11-9-10-12-21(20)28-34(31,32)17(3)4/h9-17,28H,7-8H2,1-4,6H3. The zero-order chi connectivity index (χ0) is 25.0. The number of esters is 1. The van der Waals surface area contributed by atoms with Crippen LogP contribution in [0, 0.1) is 6.57 Å². The quantitative estimate of drug-likeness (QED) is 0.327. The summed E-state index contributed by atoms with van der Waals surface area (Å²) in [4.78, 5) is 16.5. The van der Waals surface area contributed by atoms with Gasteiger partial charge in [-0.1, -0.05) is 49.4 Å². The second-order valence-corrected chi connectivity index (χ2v) is 10.3. The number of para-hydroxylation sites is 1. The molecule has 0 aliphatic rings. The van der Waals surface area contributed by atoms with Crippen molar-refractivity contribution < 1.29 is 17.9 Å². The number of carbonyl (C=O) groups is 1. The summed E-state index contributed by atoms with van der Waals surface area (Å²) in [7, 11) is -1.73. The van der Waals surface area contributed by atoms with Gasteiger partial charge in [0.1, 0.15) is 5.69 Å². The molecule has 0 amide bonds. The molecule has 34 heavy (non-hydrogen) atoms. The van der Waals surface area contributed by atoms with Crippen LogP contribution in [0.15, 0.2) is 48.5 Å². The molecule has 0 radical (unpaired) electrons. The Balaban J connectivity index is 2.11. The molecule has 1 heterocycles. The van der Waals surface area contributed by atoms with Crippen LogP contribution < -0.4 is 4.72 Å². The lowest BCUT2D eigenvalue weighted by Crippen LogP contribution is -2.22. The van der Waals surface area contributed by atoms with Crippen LogP contribution in [0.1, 0.15) is 43.9 Å². The van der Waals surface area contributed by atoms with Crippen LogP contribution in [-0.4, -0.2) is 30.8 Å². The van der Waals surface area contributed by atoms with Crippen LogP contribution in [0.25, 0.3) is 27.1 Å². The second kappa shape index (κ2) is 10.1. The minimum Gasteiger partial charge on any atom is -0.461 e. The molecule has 0 unspecified atom stereocenters. The highest BCUT2D eigenvalue weighted by atomic mass is 32.2. The van der Waals surface area contributed by atoms with E-state index in [-0.39, 0.29) is 6.61 Å². The molecule has 0 aliphatic carbocycles. The number of rotatable bonds is 8. The molecule has 7 nitrogen and oxygen atoms in total. The van der Waals surface area contributed by atoms with Gasteiger partial charge in [0.25, 0.3) is 0 Å². The summed E-state index contributed by atoms with van der Waals surface area (Å²) in [5.41, 5.74) is 4.85. The Bertz CT molecular complexity index is 1350. The molecule has 3 rings (SSSR count). The maximum Gasteiger partial charge on any atom is 0.354 e. The van der Waals surface area contributed by atoms with Crippen LogP contribution in [0.3, 0.4) is 0 Å². The van der Waals surface area contributed by atoms with Gasteiger partial charge in [0.05, 0.1) is 24.1 Å². The van der Waals surface area contributed by atoms with E-state index in [1.54, 1.807) is 44.5 Å².